The molecule has 0 spiro atoms. The Hall–Kier alpha value is -2.84. The molecule has 0 aliphatic carbocycles. The normalized spacial score (nSPS) is 17.0. The molecular formula is C18H21ClN8. The van der Waals surface area contributed by atoms with Crippen LogP contribution in [0.4, 0.5) is 11.8 Å². The van der Waals surface area contributed by atoms with Crippen molar-refractivity contribution in [1.82, 2.24) is 30.4 Å². The Bertz CT molecular complexity index is 998. The van der Waals surface area contributed by atoms with Crippen LogP contribution in [0.25, 0.3) is 11.0 Å². The van der Waals surface area contributed by atoms with Gasteiger partial charge in [0.05, 0.1) is 16.9 Å². The molecule has 1 aromatic carbocycles. The molecule has 4 rings (SSSR count). The topological polar surface area (TPSA) is 85.0 Å². The molecule has 1 aliphatic heterocycles. The molecule has 3 heterocycles. The molecular weight excluding hydrogens is 364 g/mol. The van der Waals surface area contributed by atoms with Gasteiger partial charge in [-0.2, -0.15) is 4.98 Å². The largest absolute Gasteiger partial charge is 0.350 e. The van der Waals surface area contributed by atoms with Crippen LogP contribution in [0.5, 0.6) is 0 Å². The Kier molecular flexibility index (Phi) is 4.59. The third-order valence-corrected chi connectivity index (χ3v) is 4.90. The number of aromatic amines is 1. The Morgan fingerprint density at radius 2 is 2.15 bits per heavy atom. The molecule has 1 unspecified atom stereocenters. The number of benzene rings is 1. The van der Waals surface area contributed by atoms with Gasteiger partial charge >= 0.3 is 0 Å². The van der Waals surface area contributed by atoms with Crippen LogP contribution in [0.15, 0.2) is 42.5 Å². The van der Waals surface area contributed by atoms with Crippen molar-refractivity contribution in [3.8, 4) is 0 Å². The van der Waals surface area contributed by atoms with E-state index in [-0.39, 0.29) is 6.17 Å². The number of rotatable bonds is 5. The number of halogens is 1. The van der Waals surface area contributed by atoms with Crippen molar-refractivity contribution in [3.05, 3.63) is 53.1 Å². The van der Waals surface area contributed by atoms with Crippen LogP contribution in [0.3, 0.4) is 0 Å². The highest BCUT2D eigenvalue weighted by Crippen LogP contribution is 2.26. The summed E-state index contributed by atoms with van der Waals surface area (Å²) < 4.78 is 0. The number of hydrogen-bond acceptors (Lipinski definition) is 7. The van der Waals surface area contributed by atoms with Gasteiger partial charge in [-0.15, -0.1) is 0 Å². The summed E-state index contributed by atoms with van der Waals surface area (Å²) in [5.41, 5.74) is 7.00. The summed E-state index contributed by atoms with van der Waals surface area (Å²) in [4.78, 5) is 18.3. The highest BCUT2D eigenvalue weighted by Gasteiger charge is 2.19. The molecule has 0 amide bonds. The first kappa shape index (κ1) is 17.6. The molecule has 0 saturated heterocycles. The summed E-state index contributed by atoms with van der Waals surface area (Å²) in [7, 11) is 3.92. The lowest BCUT2D eigenvalue weighted by molar-refractivity contribution is 0.265. The molecule has 1 aliphatic rings. The molecule has 1 atom stereocenters. The van der Waals surface area contributed by atoms with Crippen molar-refractivity contribution in [2.45, 2.75) is 19.6 Å². The van der Waals surface area contributed by atoms with Gasteiger partial charge in [-0.1, -0.05) is 17.7 Å². The second-order valence-corrected chi connectivity index (χ2v) is 6.97. The van der Waals surface area contributed by atoms with Crippen molar-refractivity contribution in [1.29, 1.82) is 0 Å². The third-order valence-electron chi connectivity index (χ3n) is 4.48. The maximum atomic E-state index is 6.51. The number of nitrogens with zero attached hydrogens (tertiary/aromatic N) is 5. The summed E-state index contributed by atoms with van der Waals surface area (Å²) >= 11 is 6.51. The average Bonchev–Trinajstić information content (AvgIpc) is 3.24. The van der Waals surface area contributed by atoms with Crippen molar-refractivity contribution in [3.63, 3.8) is 0 Å². The van der Waals surface area contributed by atoms with Gasteiger partial charge in [-0.3, -0.25) is 0 Å². The fourth-order valence-corrected chi connectivity index (χ4v) is 3.37. The van der Waals surface area contributed by atoms with E-state index in [1.165, 1.54) is 0 Å². The number of H-pyrrole nitrogens is 1. The smallest absolute Gasteiger partial charge is 0.227 e. The minimum atomic E-state index is 0.0366. The molecule has 9 heteroatoms. The number of allylic oxidation sites excluding steroid dienone is 1. The van der Waals surface area contributed by atoms with Crippen LogP contribution in [0.2, 0.25) is 5.02 Å². The zero-order valence-corrected chi connectivity index (χ0v) is 16.1. The monoisotopic (exact) mass is 384 g/mol. The first-order valence-electron chi connectivity index (χ1n) is 8.60. The number of hydrazine groups is 1. The van der Waals surface area contributed by atoms with Crippen molar-refractivity contribution < 1.29 is 0 Å². The molecule has 0 bridgehead atoms. The standard InChI is InChI=1S/C18H21ClN8/c1-11-8-15(27(3)25-11)23-14-6-7-20-18(24-14)26(2)9-12-4-5-13-17(16(12)19)22-10-21-13/h4-8,10,15,25H,9H2,1-3H3,(H,21,22)(H,20,23,24). The summed E-state index contributed by atoms with van der Waals surface area (Å²) in [5, 5.41) is 6.01. The molecule has 0 radical (unpaired) electrons. The number of fused-ring (bicyclic) bond motifs is 1. The second-order valence-electron chi connectivity index (χ2n) is 6.60. The molecule has 3 aromatic rings. The van der Waals surface area contributed by atoms with E-state index in [0.717, 1.165) is 28.1 Å². The highest BCUT2D eigenvalue weighted by molar-refractivity contribution is 6.35. The Morgan fingerprint density at radius 1 is 1.30 bits per heavy atom. The first-order chi connectivity index (χ1) is 13.0. The molecule has 3 N–H and O–H groups in total. The lowest BCUT2D eigenvalue weighted by Crippen LogP contribution is -2.39. The summed E-state index contributed by atoms with van der Waals surface area (Å²) in [6.07, 6.45) is 5.53. The predicted octanol–water partition coefficient (Wildman–Crippen LogP) is 2.73. The molecule has 0 fully saturated rings. The lowest BCUT2D eigenvalue weighted by Gasteiger charge is -2.22. The minimum absolute atomic E-state index is 0.0366. The maximum absolute atomic E-state index is 6.51. The van der Waals surface area contributed by atoms with Gasteiger partial charge in [0, 0.05) is 32.5 Å². The number of aromatic nitrogens is 4. The summed E-state index contributed by atoms with van der Waals surface area (Å²) in [6.45, 7) is 2.60. The van der Waals surface area contributed by atoms with E-state index in [1.807, 2.05) is 49.1 Å². The van der Waals surface area contributed by atoms with Crippen LogP contribution in [-0.2, 0) is 6.54 Å². The van der Waals surface area contributed by atoms with Crippen molar-refractivity contribution in [2.75, 3.05) is 24.3 Å². The SMILES string of the molecule is CC1=CC(Nc2ccnc(N(C)Cc3ccc4[nH]cnc4c3Cl)n2)N(C)N1. The number of likely N-dealkylation sites (N-methyl/N-ethyl adjacent to an activating group) is 1. The van der Waals surface area contributed by atoms with Gasteiger partial charge in [-0.25, -0.2) is 15.0 Å². The quantitative estimate of drug-likeness (QED) is 0.623. The van der Waals surface area contributed by atoms with Crippen LogP contribution < -0.4 is 15.6 Å². The molecule has 2 aromatic heterocycles. The fourth-order valence-electron chi connectivity index (χ4n) is 3.10. The number of imidazole rings is 1. The first-order valence-corrected chi connectivity index (χ1v) is 8.98. The average molecular weight is 385 g/mol. The molecule has 8 nitrogen and oxygen atoms in total. The Labute approximate surface area is 162 Å². The van der Waals surface area contributed by atoms with E-state index in [2.05, 4.69) is 36.8 Å². The van der Waals surface area contributed by atoms with Crippen LogP contribution in [0, 0.1) is 0 Å². The molecule has 27 heavy (non-hydrogen) atoms. The zero-order valence-electron chi connectivity index (χ0n) is 15.4. The maximum Gasteiger partial charge on any atom is 0.227 e. The van der Waals surface area contributed by atoms with Gasteiger partial charge < -0.3 is 20.6 Å². The number of hydrogen-bond donors (Lipinski definition) is 3. The number of nitrogens with one attached hydrogen (secondary N) is 3. The van der Waals surface area contributed by atoms with E-state index in [4.69, 9.17) is 11.6 Å². The number of anilines is 2. The fraction of sp³-hybridized carbons (Fsp3) is 0.278. The van der Waals surface area contributed by atoms with Gasteiger partial charge in [-0.05, 0) is 30.7 Å². The van der Waals surface area contributed by atoms with Gasteiger partial charge in [0.2, 0.25) is 5.95 Å². The van der Waals surface area contributed by atoms with E-state index in [0.29, 0.717) is 17.5 Å². The van der Waals surface area contributed by atoms with Crippen molar-refractivity contribution >= 4 is 34.4 Å². The van der Waals surface area contributed by atoms with Crippen LogP contribution in [-0.4, -0.2) is 45.2 Å². The van der Waals surface area contributed by atoms with Crippen LogP contribution in [0.1, 0.15) is 12.5 Å². The van der Waals surface area contributed by atoms with E-state index < -0.39 is 0 Å². The zero-order chi connectivity index (χ0) is 19.0. The van der Waals surface area contributed by atoms with E-state index in [1.54, 1.807) is 12.5 Å². The molecule has 140 valence electrons. The Balaban J connectivity index is 1.51. The predicted molar refractivity (Wildman–Crippen MR) is 107 cm³/mol. The van der Waals surface area contributed by atoms with E-state index >= 15 is 0 Å². The highest BCUT2D eigenvalue weighted by atomic mass is 35.5. The Morgan fingerprint density at radius 3 is 2.93 bits per heavy atom. The van der Waals surface area contributed by atoms with Crippen LogP contribution >= 0.6 is 11.6 Å². The van der Waals surface area contributed by atoms with Gasteiger partial charge in [0.1, 0.15) is 17.5 Å². The van der Waals surface area contributed by atoms with Gasteiger partial charge in [0.25, 0.3) is 0 Å². The summed E-state index contributed by atoms with van der Waals surface area (Å²) in [6, 6.07) is 5.83. The second kappa shape index (κ2) is 7.05. The lowest BCUT2D eigenvalue weighted by atomic mass is 10.2. The third kappa shape index (κ3) is 3.54. The van der Waals surface area contributed by atoms with Gasteiger partial charge in [0.15, 0.2) is 0 Å². The summed E-state index contributed by atoms with van der Waals surface area (Å²) in [5.74, 6) is 1.37. The molecule has 0 saturated carbocycles. The minimum Gasteiger partial charge on any atom is -0.350 e. The van der Waals surface area contributed by atoms with Crippen molar-refractivity contribution in [2.24, 2.45) is 0 Å². The van der Waals surface area contributed by atoms with E-state index in [9.17, 15) is 0 Å².